The van der Waals surface area contributed by atoms with Gasteiger partial charge in [0.1, 0.15) is 34.8 Å². The number of pyridine rings is 3. The number of Topliss-reactive ketones (excluding diaryl/α,β-unsaturated/α-hetero) is 1. The number of hydrogen-bond donors (Lipinski definition) is 10. The van der Waals surface area contributed by atoms with Gasteiger partial charge in [0.25, 0.3) is 46.2 Å². The van der Waals surface area contributed by atoms with Crippen molar-refractivity contribution in [2.75, 3.05) is 72.2 Å². The maximum Gasteiger partial charge on any atom is 0.296 e. The highest BCUT2D eigenvalue weighted by molar-refractivity contribution is 6.24. The number of ether oxygens (including phenoxy) is 2. The van der Waals surface area contributed by atoms with Crippen molar-refractivity contribution in [3.05, 3.63) is 126 Å². The van der Waals surface area contributed by atoms with Crippen molar-refractivity contribution in [3.8, 4) is 0 Å². The van der Waals surface area contributed by atoms with Crippen LogP contribution < -0.4 is 49.0 Å². The molecule has 0 aromatic carbocycles. The Bertz CT molecular complexity index is 2910. The molecule has 28 nitrogen and oxygen atoms in total. The number of nitrogens with one attached hydrogen (secondary N) is 5. The molecule has 396 valence electrons. The Morgan fingerprint density at radius 1 is 0.703 bits per heavy atom. The fraction of sp³-hybridized carbons (Fsp3) is 0.413. The second-order valence-corrected chi connectivity index (χ2v) is 16.9. The van der Waals surface area contributed by atoms with Crippen LogP contribution in [0.1, 0.15) is 67.5 Å². The number of nitrogens with zero attached hydrogens (tertiary/aromatic N) is 5. The van der Waals surface area contributed by atoms with Crippen molar-refractivity contribution in [2.45, 2.75) is 49.9 Å². The predicted octanol–water partition coefficient (Wildman–Crippen LogP) is -4.54. The van der Waals surface area contributed by atoms with E-state index in [-0.39, 0.29) is 112 Å². The van der Waals surface area contributed by atoms with Crippen LogP contribution in [0.4, 0.5) is 0 Å². The smallest absolute Gasteiger partial charge is 0.296 e. The second-order valence-electron chi connectivity index (χ2n) is 16.9. The molecule has 4 atom stereocenters. The van der Waals surface area contributed by atoms with Crippen LogP contribution in [0.2, 0.25) is 0 Å². The van der Waals surface area contributed by atoms with Gasteiger partial charge in [-0.05, 0) is 62.1 Å². The maximum atomic E-state index is 14.4. The summed E-state index contributed by atoms with van der Waals surface area (Å²) < 4.78 is 10.9. The lowest BCUT2D eigenvalue weighted by molar-refractivity contribution is -0.129. The topological polar surface area (TPSA) is 395 Å². The van der Waals surface area contributed by atoms with Crippen molar-refractivity contribution in [3.63, 3.8) is 0 Å². The lowest BCUT2D eigenvalue weighted by atomic mass is 9.92. The number of aromatic nitrogens is 3. The number of carbonyl (C=O) groups is 8. The standard InChI is InChI=1S/C46H55N11O17/c47-15-22-73-23-18-50-42(65)31-8-3-19-53(45(68)33-6-1-9-35(58)55(33)70)20-4-16-48-39(62)26-11-12-27(38(61)37(26)60)40(63)51-29-24-74-25-30(29)52-41(64)28-13-14-32(57(72)44(28)67)43(66)49-17-5-21-54(31)46(69)34-7-2-10-36(59)56(34)71/h1-2,6-7,9-14,29-31,37,60,70-72H,3-5,8,15-25,47H2,(H,48,62)(H,49,66)(H,50,65)(H,51,63)(H,52,64)/t29-,30+,31?,37?/m1/s1. The summed E-state index contributed by atoms with van der Waals surface area (Å²) in [7, 11) is 0. The van der Waals surface area contributed by atoms with E-state index in [1.807, 2.05) is 0 Å². The number of allylic oxidation sites excluding steroid dienone is 2. The van der Waals surface area contributed by atoms with E-state index >= 15 is 0 Å². The Hall–Kier alpha value is -8.47. The first kappa shape index (κ1) is 54.9. The molecular weight excluding hydrogens is 979 g/mol. The zero-order chi connectivity index (χ0) is 53.6. The van der Waals surface area contributed by atoms with Crippen LogP contribution in [-0.4, -0.2) is 188 Å². The number of aliphatic hydroxyl groups is 1. The van der Waals surface area contributed by atoms with E-state index < -0.39 is 122 Å². The van der Waals surface area contributed by atoms with Gasteiger partial charge in [-0.3, -0.25) is 52.7 Å². The summed E-state index contributed by atoms with van der Waals surface area (Å²) in [6.45, 7) is -1.29. The van der Waals surface area contributed by atoms with Gasteiger partial charge in [-0.1, -0.05) is 12.1 Å². The number of hydrogen-bond acceptors (Lipinski definition) is 18. The molecular formula is C46H55N11O17. The minimum absolute atomic E-state index is 0.00222. The highest BCUT2D eigenvalue weighted by Gasteiger charge is 2.38. The Morgan fingerprint density at radius 2 is 1.31 bits per heavy atom. The fourth-order valence-electron chi connectivity index (χ4n) is 8.10. The van der Waals surface area contributed by atoms with Crippen LogP contribution >= 0.6 is 0 Å². The highest BCUT2D eigenvalue weighted by Crippen LogP contribution is 2.19. The number of nitrogens with two attached hydrogens (primary N) is 1. The van der Waals surface area contributed by atoms with Gasteiger partial charge in [0.2, 0.25) is 17.6 Å². The van der Waals surface area contributed by atoms with E-state index in [1.165, 1.54) is 23.1 Å². The van der Waals surface area contributed by atoms with E-state index in [1.54, 1.807) is 0 Å². The van der Waals surface area contributed by atoms with Gasteiger partial charge in [0.15, 0.2) is 0 Å². The number of fused-ring (bicyclic) bond motifs is 2. The molecule has 74 heavy (non-hydrogen) atoms. The van der Waals surface area contributed by atoms with E-state index in [2.05, 4.69) is 26.6 Å². The lowest BCUT2D eigenvalue weighted by Crippen LogP contribution is -2.53. The fourth-order valence-corrected chi connectivity index (χ4v) is 8.10. The number of amides is 7. The van der Waals surface area contributed by atoms with Crippen LogP contribution in [0, 0.1) is 0 Å². The molecule has 0 spiro atoms. The van der Waals surface area contributed by atoms with Gasteiger partial charge < -0.3 is 72.3 Å². The minimum atomic E-state index is -2.10. The molecule has 5 aliphatic rings. The molecule has 4 aliphatic heterocycles. The maximum absolute atomic E-state index is 14.4. The Morgan fingerprint density at radius 3 is 1.97 bits per heavy atom. The largest absolute Gasteiger partial charge is 0.425 e. The first-order valence-corrected chi connectivity index (χ1v) is 23.3. The molecule has 28 heteroatoms. The van der Waals surface area contributed by atoms with E-state index in [9.17, 15) is 73.5 Å². The van der Waals surface area contributed by atoms with Crippen LogP contribution in [0.15, 0.2) is 86.2 Å². The number of ketones is 1. The first-order valence-electron chi connectivity index (χ1n) is 23.3. The molecule has 7 heterocycles. The molecule has 3 aromatic heterocycles. The molecule has 2 unspecified atom stereocenters. The van der Waals surface area contributed by atoms with Gasteiger partial charge in [-0.15, -0.1) is 14.2 Å². The Balaban J connectivity index is 1.34. The van der Waals surface area contributed by atoms with Crippen molar-refractivity contribution < 1.29 is 68.6 Å². The average molecular weight is 1030 g/mol. The molecule has 11 N–H and O–H groups in total. The van der Waals surface area contributed by atoms with E-state index in [4.69, 9.17) is 15.2 Å². The Kier molecular flexibility index (Phi) is 18.7. The van der Waals surface area contributed by atoms with Crippen molar-refractivity contribution in [1.82, 2.24) is 50.6 Å². The van der Waals surface area contributed by atoms with Gasteiger partial charge in [0.05, 0.1) is 49.7 Å². The van der Waals surface area contributed by atoms with E-state index in [0.717, 1.165) is 47.4 Å². The van der Waals surface area contributed by atoms with Gasteiger partial charge in [0, 0.05) is 57.9 Å². The van der Waals surface area contributed by atoms with Crippen molar-refractivity contribution >= 4 is 47.1 Å². The quantitative estimate of drug-likeness (QED) is 0.0577. The second kappa shape index (κ2) is 25.3. The van der Waals surface area contributed by atoms with Gasteiger partial charge in [-0.2, -0.15) is 0 Å². The number of rotatable bonds is 8. The normalized spacial score (nSPS) is 20.8. The molecule has 1 aliphatic carbocycles. The highest BCUT2D eigenvalue weighted by atomic mass is 16.5. The van der Waals surface area contributed by atoms with Gasteiger partial charge in [-0.25, -0.2) is 0 Å². The summed E-state index contributed by atoms with van der Waals surface area (Å²) in [5.41, 5.74) is -0.961. The third kappa shape index (κ3) is 12.9. The lowest BCUT2D eigenvalue weighted by Gasteiger charge is -2.32. The summed E-state index contributed by atoms with van der Waals surface area (Å²) in [5, 5.41) is 55.6. The number of carbonyl (C=O) groups excluding carboxylic acids is 8. The summed E-state index contributed by atoms with van der Waals surface area (Å²) >= 11 is 0. The molecule has 8 rings (SSSR count). The zero-order valence-corrected chi connectivity index (χ0v) is 39.6. The molecule has 4 bridgehead atoms. The number of aliphatic hydroxyl groups excluding tert-OH is 1. The third-order valence-electron chi connectivity index (χ3n) is 12.0. The van der Waals surface area contributed by atoms with Crippen molar-refractivity contribution in [2.24, 2.45) is 5.73 Å². The van der Waals surface area contributed by atoms with Crippen LogP contribution in [-0.2, 0) is 28.7 Å². The molecule has 0 radical (unpaired) electrons. The van der Waals surface area contributed by atoms with E-state index in [0.29, 0.717) is 0 Å². The monoisotopic (exact) mass is 1030 g/mol. The molecule has 1 fully saturated rings. The van der Waals surface area contributed by atoms with Gasteiger partial charge >= 0.3 is 0 Å². The Labute approximate surface area is 418 Å². The summed E-state index contributed by atoms with van der Waals surface area (Å²) in [6, 6.07) is 5.21. The first-order chi connectivity index (χ1) is 35.4. The SMILES string of the molecule is NCCOCCNC(=O)C1CCCN(C(=O)c2cccc(=O)n2O)CCCNC(=O)C2=CC=C(C(=O)N[C@@H]3COC[C@@H]3NC(=O)c3ccc(n(O)c3=O)C(=O)NCCCN1C(=O)c1cccc(=O)n1O)C(=O)C2O. The molecule has 7 amide bonds. The van der Waals surface area contributed by atoms with Crippen LogP contribution in [0.3, 0.4) is 0 Å². The molecule has 0 saturated carbocycles. The summed E-state index contributed by atoms with van der Waals surface area (Å²) in [4.78, 5) is 149. The van der Waals surface area contributed by atoms with Crippen molar-refractivity contribution in [1.29, 1.82) is 0 Å². The zero-order valence-electron chi connectivity index (χ0n) is 39.6. The average Bonchev–Trinajstić information content (AvgIpc) is 3.81. The van der Waals surface area contributed by atoms with Crippen LogP contribution in [0.25, 0.3) is 0 Å². The third-order valence-corrected chi connectivity index (χ3v) is 12.0. The summed E-state index contributed by atoms with van der Waals surface area (Å²) in [5.74, 6) is -7.75. The minimum Gasteiger partial charge on any atom is -0.425 e. The molecule has 1 saturated heterocycles. The van der Waals surface area contributed by atoms with Crippen LogP contribution in [0.5, 0.6) is 0 Å². The molecule has 3 aromatic rings. The predicted molar refractivity (Wildman–Crippen MR) is 252 cm³/mol. The summed E-state index contributed by atoms with van der Waals surface area (Å²) in [6.07, 6.45) is -0.512.